The van der Waals surface area contributed by atoms with Crippen molar-refractivity contribution < 1.29 is 9.84 Å². The van der Waals surface area contributed by atoms with Crippen molar-refractivity contribution in [3.05, 3.63) is 18.2 Å². The summed E-state index contributed by atoms with van der Waals surface area (Å²) < 4.78 is 5.14. The molecule has 0 aliphatic heterocycles. The fraction of sp³-hybridized carbons (Fsp3) is 0.500. The van der Waals surface area contributed by atoms with E-state index in [4.69, 9.17) is 15.6 Å². The number of nitrogen functional groups attached to an aromatic ring is 1. The Kier molecular flexibility index (Phi) is 4.92. The molecule has 0 radical (unpaired) electrons. The minimum atomic E-state index is 0.233. The molecule has 4 nitrogen and oxygen atoms in total. The standard InChI is InChI=1S/C12H20N2O2/c1-9(4-3-7-15)14-10-5-6-11(13)12(8-10)16-2/h5-6,8-9,14-15H,3-4,7,13H2,1-2H3. The minimum absolute atomic E-state index is 0.233. The normalized spacial score (nSPS) is 12.2. The Morgan fingerprint density at radius 2 is 2.25 bits per heavy atom. The van der Waals surface area contributed by atoms with Crippen LogP contribution >= 0.6 is 0 Å². The SMILES string of the molecule is COc1cc(NC(C)CCCO)ccc1N. The monoisotopic (exact) mass is 224 g/mol. The summed E-state index contributed by atoms with van der Waals surface area (Å²) in [6, 6.07) is 5.94. The van der Waals surface area contributed by atoms with E-state index in [1.165, 1.54) is 0 Å². The Bertz CT molecular complexity index is 329. The highest BCUT2D eigenvalue weighted by molar-refractivity contribution is 5.61. The number of rotatable bonds is 6. The second-order valence-corrected chi connectivity index (χ2v) is 3.87. The predicted molar refractivity (Wildman–Crippen MR) is 66.8 cm³/mol. The summed E-state index contributed by atoms with van der Waals surface area (Å²) in [7, 11) is 1.60. The Balaban J connectivity index is 2.59. The topological polar surface area (TPSA) is 67.5 Å². The summed E-state index contributed by atoms with van der Waals surface area (Å²) in [5.41, 5.74) is 7.34. The fourth-order valence-electron chi connectivity index (χ4n) is 1.56. The van der Waals surface area contributed by atoms with Gasteiger partial charge in [0.2, 0.25) is 0 Å². The van der Waals surface area contributed by atoms with Crippen molar-refractivity contribution in [1.82, 2.24) is 0 Å². The zero-order valence-corrected chi connectivity index (χ0v) is 9.86. The smallest absolute Gasteiger partial charge is 0.143 e. The Hall–Kier alpha value is -1.42. The molecule has 0 aliphatic carbocycles. The highest BCUT2D eigenvalue weighted by Crippen LogP contribution is 2.25. The predicted octanol–water partition coefficient (Wildman–Crippen LogP) is 1.85. The number of hydrogen-bond acceptors (Lipinski definition) is 4. The molecule has 1 unspecified atom stereocenters. The van der Waals surface area contributed by atoms with E-state index in [1.54, 1.807) is 7.11 Å². The van der Waals surface area contributed by atoms with E-state index in [-0.39, 0.29) is 6.61 Å². The first-order valence-corrected chi connectivity index (χ1v) is 5.48. The number of ether oxygens (including phenoxy) is 1. The van der Waals surface area contributed by atoms with Crippen molar-refractivity contribution in [2.45, 2.75) is 25.8 Å². The first-order chi connectivity index (χ1) is 7.67. The van der Waals surface area contributed by atoms with Gasteiger partial charge in [-0.15, -0.1) is 0 Å². The van der Waals surface area contributed by atoms with Crippen molar-refractivity contribution in [2.24, 2.45) is 0 Å². The molecule has 0 saturated heterocycles. The first-order valence-electron chi connectivity index (χ1n) is 5.48. The van der Waals surface area contributed by atoms with Gasteiger partial charge in [-0.25, -0.2) is 0 Å². The Labute approximate surface area is 96.4 Å². The zero-order chi connectivity index (χ0) is 12.0. The number of methoxy groups -OCH3 is 1. The molecule has 16 heavy (non-hydrogen) atoms. The third-order valence-corrected chi connectivity index (χ3v) is 2.44. The van der Waals surface area contributed by atoms with Gasteiger partial charge < -0.3 is 20.9 Å². The van der Waals surface area contributed by atoms with Crippen LogP contribution in [0.2, 0.25) is 0 Å². The lowest BCUT2D eigenvalue weighted by atomic mass is 10.1. The summed E-state index contributed by atoms with van der Waals surface area (Å²) >= 11 is 0. The number of aliphatic hydroxyl groups excluding tert-OH is 1. The number of anilines is 2. The Morgan fingerprint density at radius 1 is 1.50 bits per heavy atom. The molecule has 1 rings (SSSR count). The number of benzene rings is 1. The van der Waals surface area contributed by atoms with Gasteiger partial charge in [0.1, 0.15) is 5.75 Å². The summed E-state index contributed by atoms with van der Waals surface area (Å²) in [6.07, 6.45) is 1.74. The van der Waals surface area contributed by atoms with Gasteiger partial charge in [0.25, 0.3) is 0 Å². The van der Waals surface area contributed by atoms with Crippen LogP contribution in [0.25, 0.3) is 0 Å². The average molecular weight is 224 g/mol. The number of nitrogens with one attached hydrogen (secondary N) is 1. The lowest BCUT2D eigenvalue weighted by Crippen LogP contribution is -2.15. The summed E-state index contributed by atoms with van der Waals surface area (Å²) in [5.74, 6) is 0.680. The third kappa shape index (κ3) is 3.62. The van der Waals surface area contributed by atoms with Crippen molar-refractivity contribution >= 4 is 11.4 Å². The second kappa shape index (κ2) is 6.23. The van der Waals surface area contributed by atoms with E-state index in [9.17, 15) is 0 Å². The van der Waals surface area contributed by atoms with Crippen LogP contribution in [0, 0.1) is 0 Å². The number of hydrogen-bond donors (Lipinski definition) is 3. The average Bonchev–Trinajstić information content (AvgIpc) is 2.29. The second-order valence-electron chi connectivity index (χ2n) is 3.87. The van der Waals surface area contributed by atoms with Crippen LogP contribution in [0.15, 0.2) is 18.2 Å². The summed E-state index contributed by atoms with van der Waals surface area (Å²) in [4.78, 5) is 0. The summed E-state index contributed by atoms with van der Waals surface area (Å²) in [6.45, 7) is 2.32. The zero-order valence-electron chi connectivity index (χ0n) is 9.86. The highest BCUT2D eigenvalue weighted by Gasteiger charge is 2.04. The molecule has 0 bridgehead atoms. The van der Waals surface area contributed by atoms with E-state index in [0.717, 1.165) is 18.5 Å². The molecule has 0 spiro atoms. The van der Waals surface area contributed by atoms with Gasteiger partial charge >= 0.3 is 0 Å². The van der Waals surface area contributed by atoms with Gasteiger partial charge in [0.15, 0.2) is 0 Å². The van der Waals surface area contributed by atoms with Gasteiger partial charge in [-0.05, 0) is 31.9 Å². The van der Waals surface area contributed by atoms with Gasteiger partial charge in [0, 0.05) is 24.4 Å². The van der Waals surface area contributed by atoms with E-state index in [0.29, 0.717) is 17.5 Å². The van der Waals surface area contributed by atoms with E-state index >= 15 is 0 Å². The fourth-order valence-corrected chi connectivity index (χ4v) is 1.56. The van der Waals surface area contributed by atoms with Gasteiger partial charge in [0.05, 0.1) is 12.8 Å². The molecule has 0 aromatic heterocycles. The largest absolute Gasteiger partial charge is 0.495 e. The maximum atomic E-state index is 8.74. The number of aliphatic hydroxyl groups is 1. The quantitative estimate of drug-likeness (QED) is 0.645. The third-order valence-electron chi connectivity index (χ3n) is 2.44. The van der Waals surface area contributed by atoms with Crippen LogP contribution < -0.4 is 15.8 Å². The van der Waals surface area contributed by atoms with Crippen LogP contribution in [0.1, 0.15) is 19.8 Å². The highest BCUT2D eigenvalue weighted by atomic mass is 16.5. The van der Waals surface area contributed by atoms with Crippen molar-refractivity contribution in [3.63, 3.8) is 0 Å². The first kappa shape index (κ1) is 12.6. The molecule has 0 amide bonds. The van der Waals surface area contributed by atoms with Crippen LogP contribution in [0.3, 0.4) is 0 Å². The maximum absolute atomic E-state index is 8.74. The lowest BCUT2D eigenvalue weighted by molar-refractivity contribution is 0.282. The molecular formula is C12H20N2O2. The molecular weight excluding hydrogens is 204 g/mol. The van der Waals surface area contributed by atoms with Crippen molar-refractivity contribution in [2.75, 3.05) is 24.8 Å². The maximum Gasteiger partial charge on any atom is 0.143 e. The molecule has 1 atom stereocenters. The van der Waals surface area contributed by atoms with Gasteiger partial charge in [-0.3, -0.25) is 0 Å². The Morgan fingerprint density at radius 3 is 2.88 bits per heavy atom. The minimum Gasteiger partial charge on any atom is -0.495 e. The van der Waals surface area contributed by atoms with Crippen LogP contribution in [0.5, 0.6) is 5.75 Å². The van der Waals surface area contributed by atoms with Crippen LogP contribution in [0.4, 0.5) is 11.4 Å². The van der Waals surface area contributed by atoms with E-state index in [1.807, 2.05) is 18.2 Å². The molecule has 0 fully saturated rings. The molecule has 90 valence electrons. The van der Waals surface area contributed by atoms with Gasteiger partial charge in [-0.1, -0.05) is 0 Å². The van der Waals surface area contributed by atoms with Crippen molar-refractivity contribution in [1.29, 1.82) is 0 Å². The van der Waals surface area contributed by atoms with Gasteiger partial charge in [-0.2, -0.15) is 0 Å². The van der Waals surface area contributed by atoms with Crippen LogP contribution in [-0.2, 0) is 0 Å². The van der Waals surface area contributed by atoms with E-state index in [2.05, 4.69) is 12.2 Å². The molecule has 0 saturated carbocycles. The molecule has 1 aromatic carbocycles. The summed E-state index contributed by atoms with van der Waals surface area (Å²) in [5, 5.41) is 12.1. The molecule has 0 heterocycles. The molecule has 0 aliphatic rings. The molecule has 4 N–H and O–H groups in total. The van der Waals surface area contributed by atoms with E-state index < -0.39 is 0 Å². The lowest BCUT2D eigenvalue weighted by Gasteiger charge is -2.15. The molecule has 1 aromatic rings. The van der Waals surface area contributed by atoms with Crippen molar-refractivity contribution in [3.8, 4) is 5.75 Å². The van der Waals surface area contributed by atoms with Crippen LogP contribution in [-0.4, -0.2) is 24.9 Å². The molecule has 4 heteroatoms. The number of nitrogens with two attached hydrogens (primary N) is 1.